The molecule has 2 heterocycles. The van der Waals surface area contributed by atoms with Gasteiger partial charge in [0.05, 0.1) is 19.0 Å². The fraction of sp³-hybridized carbons (Fsp3) is 0.0769. The number of rotatable bonds is 4. The van der Waals surface area contributed by atoms with Crippen molar-refractivity contribution in [2.24, 2.45) is 10.9 Å². The molecule has 21 heavy (non-hydrogen) atoms. The van der Waals surface area contributed by atoms with E-state index in [4.69, 9.17) is 15.7 Å². The van der Waals surface area contributed by atoms with E-state index in [0.29, 0.717) is 17.1 Å². The maximum absolute atomic E-state index is 12.0. The average molecular weight is 287 g/mol. The number of amidine groups is 1. The van der Waals surface area contributed by atoms with Crippen molar-refractivity contribution in [3.8, 4) is 5.88 Å². The molecule has 0 radical (unpaired) electrons. The van der Waals surface area contributed by atoms with Gasteiger partial charge in [0.15, 0.2) is 5.84 Å². The van der Waals surface area contributed by atoms with Crippen LogP contribution in [0, 0.1) is 0 Å². The molecule has 1 amide bonds. The van der Waals surface area contributed by atoms with Gasteiger partial charge in [0.25, 0.3) is 5.91 Å². The molecule has 0 fully saturated rings. The summed E-state index contributed by atoms with van der Waals surface area (Å²) in [6.45, 7) is 0. The number of amides is 1. The number of oxime groups is 1. The Labute approximate surface area is 120 Å². The summed E-state index contributed by atoms with van der Waals surface area (Å²) in [4.78, 5) is 19.9. The Hall–Kier alpha value is -3.16. The van der Waals surface area contributed by atoms with Gasteiger partial charge in [0.2, 0.25) is 5.88 Å². The number of nitrogens with two attached hydrogens (primary N) is 1. The number of nitrogens with one attached hydrogen (secondary N) is 1. The van der Waals surface area contributed by atoms with Crippen molar-refractivity contribution >= 4 is 17.4 Å². The third kappa shape index (κ3) is 3.44. The number of nitrogens with zero attached hydrogens (tertiary/aromatic N) is 3. The van der Waals surface area contributed by atoms with Crippen LogP contribution in [0.4, 0.5) is 5.69 Å². The van der Waals surface area contributed by atoms with Gasteiger partial charge in [-0.3, -0.25) is 9.78 Å². The summed E-state index contributed by atoms with van der Waals surface area (Å²) in [5.74, 6) is -0.0175. The highest BCUT2D eigenvalue weighted by Crippen LogP contribution is 2.12. The maximum Gasteiger partial charge on any atom is 0.274 e. The first-order valence-electron chi connectivity index (χ1n) is 5.89. The Morgan fingerprint density at radius 2 is 2.10 bits per heavy atom. The van der Waals surface area contributed by atoms with Crippen LogP contribution in [-0.4, -0.2) is 34.0 Å². The quantitative estimate of drug-likeness (QED) is 0.331. The minimum Gasteiger partial charge on any atom is -0.481 e. The van der Waals surface area contributed by atoms with Crippen LogP contribution >= 0.6 is 0 Å². The molecule has 0 saturated carbocycles. The van der Waals surface area contributed by atoms with E-state index in [0.717, 1.165) is 0 Å². The number of ether oxygens (including phenoxy) is 1. The molecule has 2 aromatic rings. The van der Waals surface area contributed by atoms with Gasteiger partial charge in [-0.25, -0.2) is 4.98 Å². The van der Waals surface area contributed by atoms with Crippen LogP contribution in [0.2, 0.25) is 0 Å². The second-order valence-corrected chi connectivity index (χ2v) is 3.96. The molecule has 0 aromatic carbocycles. The second kappa shape index (κ2) is 6.33. The first-order chi connectivity index (χ1) is 10.1. The van der Waals surface area contributed by atoms with Crippen LogP contribution in [-0.2, 0) is 0 Å². The lowest BCUT2D eigenvalue weighted by Crippen LogP contribution is -2.16. The molecule has 2 rings (SSSR count). The molecule has 0 spiro atoms. The third-order valence-electron chi connectivity index (χ3n) is 2.60. The summed E-state index contributed by atoms with van der Waals surface area (Å²) in [7, 11) is 1.51. The molecule has 4 N–H and O–H groups in total. The maximum atomic E-state index is 12.0. The highest BCUT2D eigenvalue weighted by molar-refractivity contribution is 6.03. The van der Waals surface area contributed by atoms with Crippen LogP contribution in [0.1, 0.15) is 16.1 Å². The number of hydrogen-bond donors (Lipinski definition) is 3. The zero-order valence-corrected chi connectivity index (χ0v) is 11.1. The second-order valence-electron chi connectivity index (χ2n) is 3.96. The molecule has 0 aliphatic carbocycles. The first-order valence-corrected chi connectivity index (χ1v) is 5.89. The molecule has 8 heteroatoms. The SMILES string of the molecule is COc1ccc(NC(=O)c2ccc(C(N)=NO)cn2)cn1. The molecule has 0 aliphatic rings. The van der Waals surface area contributed by atoms with Crippen molar-refractivity contribution in [1.82, 2.24) is 9.97 Å². The Bertz CT molecular complexity index is 653. The molecule has 8 nitrogen and oxygen atoms in total. The van der Waals surface area contributed by atoms with Crippen LogP contribution in [0.5, 0.6) is 5.88 Å². The standard InChI is InChI=1S/C13H13N5O3/c1-21-11-5-3-9(7-16-11)17-13(19)10-4-2-8(6-15-10)12(14)18-20/h2-7,20H,1H3,(H2,14,18)(H,17,19). The van der Waals surface area contributed by atoms with Gasteiger partial charge in [0.1, 0.15) is 5.69 Å². The minimum atomic E-state index is -0.395. The highest BCUT2D eigenvalue weighted by atomic mass is 16.5. The fourth-order valence-electron chi connectivity index (χ4n) is 1.51. The largest absolute Gasteiger partial charge is 0.481 e. The van der Waals surface area contributed by atoms with E-state index in [9.17, 15) is 4.79 Å². The number of carbonyl (C=O) groups is 1. The smallest absolute Gasteiger partial charge is 0.274 e. The number of aromatic nitrogens is 2. The van der Waals surface area contributed by atoms with Crippen molar-refractivity contribution in [2.75, 3.05) is 12.4 Å². The Morgan fingerprint density at radius 3 is 2.62 bits per heavy atom. The third-order valence-corrected chi connectivity index (χ3v) is 2.60. The van der Waals surface area contributed by atoms with Crippen molar-refractivity contribution < 1.29 is 14.7 Å². The van der Waals surface area contributed by atoms with Crippen molar-refractivity contribution in [3.05, 3.63) is 47.9 Å². The van der Waals surface area contributed by atoms with Gasteiger partial charge in [-0.2, -0.15) is 0 Å². The van der Waals surface area contributed by atoms with E-state index in [1.54, 1.807) is 12.1 Å². The fourth-order valence-corrected chi connectivity index (χ4v) is 1.51. The number of hydrogen-bond acceptors (Lipinski definition) is 6. The summed E-state index contributed by atoms with van der Waals surface area (Å²) in [6.07, 6.45) is 2.82. The van der Waals surface area contributed by atoms with Gasteiger partial charge in [-0.1, -0.05) is 5.16 Å². The molecule has 0 bridgehead atoms. The van der Waals surface area contributed by atoms with Crippen LogP contribution < -0.4 is 15.8 Å². The van der Waals surface area contributed by atoms with E-state index in [1.165, 1.54) is 31.6 Å². The lowest BCUT2D eigenvalue weighted by Gasteiger charge is -2.05. The number of carbonyl (C=O) groups excluding carboxylic acids is 1. The van der Waals surface area contributed by atoms with Gasteiger partial charge in [-0.15, -0.1) is 0 Å². The van der Waals surface area contributed by atoms with Gasteiger partial charge >= 0.3 is 0 Å². The summed E-state index contributed by atoms with van der Waals surface area (Å²) in [5.41, 5.74) is 6.54. The first kappa shape index (κ1) is 14.3. The van der Waals surface area contributed by atoms with Crippen LogP contribution in [0.15, 0.2) is 41.8 Å². The molecule has 108 valence electrons. The Balaban J connectivity index is 2.09. The van der Waals surface area contributed by atoms with E-state index >= 15 is 0 Å². The normalized spacial score (nSPS) is 11.0. The van der Waals surface area contributed by atoms with E-state index in [2.05, 4.69) is 20.4 Å². The zero-order valence-electron chi connectivity index (χ0n) is 11.1. The molecule has 0 atom stereocenters. The molecule has 0 unspecified atom stereocenters. The molecule has 0 saturated heterocycles. The van der Waals surface area contributed by atoms with Crippen LogP contribution in [0.25, 0.3) is 0 Å². The number of methoxy groups -OCH3 is 1. The minimum absolute atomic E-state index is 0.0752. The van der Waals surface area contributed by atoms with E-state index in [-0.39, 0.29) is 11.5 Å². The number of anilines is 1. The molecular weight excluding hydrogens is 274 g/mol. The average Bonchev–Trinajstić information content (AvgIpc) is 2.55. The summed E-state index contributed by atoms with van der Waals surface area (Å²) < 4.78 is 4.93. The predicted octanol–water partition coefficient (Wildman–Crippen LogP) is 0.832. The zero-order chi connectivity index (χ0) is 15.2. The van der Waals surface area contributed by atoms with Crippen LogP contribution in [0.3, 0.4) is 0 Å². The molecular formula is C13H13N5O3. The van der Waals surface area contributed by atoms with Gasteiger partial charge < -0.3 is 21.0 Å². The van der Waals surface area contributed by atoms with Gasteiger partial charge in [-0.05, 0) is 18.2 Å². The molecule has 2 aromatic heterocycles. The Morgan fingerprint density at radius 1 is 1.29 bits per heavy atom. The monoisotopic (exact) mass is 287 g/mol. The van der Waals surface area contributed by atoms with Crippen molar-refractivity contribution in [2.45, 2.75) is 0 Å². The van der Waals surface area contributed by atoms with E-state index in [1.807, 2.05) is 0 Å². The summed E-state index contributed by atoms with van der Waals surface area (Å²) in [6, 6.07) is 6.29. The van der Waals surface area contributed by atoms with E-state index < -0.39 is 5.91 Å². The lowest BCUT2D eigenvalue weighted by atomic mass is 10.2. The predicted molar refractivity (Wildman–Crippen MR) is 75.5 cm³/mol. The lowest BCUT2D eigenvalue weighted by molar-refractivity contribution is 0.102. The van der Waals surface area contributed by atoms with Crippen molar-refractivity contribution in [3.63, 3.8) is 0 Å². The highest BCUT2D eigenvalue weighted by Gasteiger charge is 2.09. The van der Waals surface area contributed by atoms with Crippen molar-refractivity contribution in [1.29, 1.82) is 0 Å². The Kier molecular flexibility index (Phi) is 4.30. The summed E-state index contributed by atoms with van der Waals surface area (Å²) in [5, 5.41) is 14.0. The summed E-state index contributed by atoms with van der Waals surface area (Å²) >= 11 is 0. The topological polar surface area (TPSA) is 123 Å². The van der Waals surface area contributed by atoms with Gasteiger partial charge in [0, 0.05) is 17.8 Å². The molecule has 0 aliphatic heterocycles. The number of pyridine rings is 2.